The molecule has 1 aromatic carbocycles. The highest BCUT2D eigenvalue weighted by atomic mass is 16.4. The van der Waals surface area contributed by atoms with E-state index < -0.39 is 6.10 Å². The van der Waals surface area contributed by atoms with Crippen LogP contribution in [0.15, 0.2) is 34.7 Å². The molecule has 2 unspecified atom stereocenters. The minimum atomic E-state index is -0.532. The van der Waals surface area contributed by atoms with Crippen molar-refractivity contribution in [3.8, 4) is 0 Å². The number of aliphatic hydroxyl groups excluding tert-OH is 1. The summed E-state index contributed by atoms with van der Waals surface area (Å²) in [5.74, 6) is 1.55. The lowest BCUT2D eigenvalue weighted by Gasteiger charge is -2.22. The Morgan fingerprint density at radius 3 is 2.95 bits per heavy atom. The van der Waals surface area contributed by atoms with E-state index in [1.165, 1.54) is 25.7 Å². The van der Waals surface area contributed by atoms with Crippen molar-refractivity contribution in [2.75, 3.05) is 19.6 Å². The largest absolute Gasteiger partial charge is 0.458 e. The fourth-order valence-electron chi connectivity index (χ4n) is 3.32. The van der Waals surface area contributed by atoms with Gasteiger partial charge in [-0.2, -0.15) is 0 Å². The second-order valence-electron chi connectivity index (χ2n) is 6.21. The molecule has 1 aromatic heterocycles. The molecule has 3 nitrogen and oxygen atoms in total. The minimum Gasteiger partial charge on any atom is -0.458 e. The highest BCUT2D eigenvalue weighted by molar-refractivity contribution is 5.77. The molecule has 1 saturated heterocycles. The summed E-state index contributed by atoms with van der Waals surface area (Å²) in [6.45, 7) is 5.14. The van der Waals surface area contributed by atoms with E-state index in [0.29, 0.717) is 12.3 Å². The molecule has 1 fully saturated rings. The third-order valence-corrected chi connectivity index (χ3v) is 4.72. The summed E-state index contributed by atoms with van der Waals surface area (Å²) in [6, 6.07) is 9.89. The molecule has 0 bridgehead atoms. The standard InChI is InChI=1S/C18H25NO2/c1-2-14-6-5-10-19(11-9-14)13-16(20)18-12-15-7-3-4-8-17(15)21-18/h3-4,7-8,12,14,16,20H,2,5-6,9-11,13H2,1H3. The smallest absolute Gasteiger partial charge is 0.135 e. The average Bonchev–Trinajstić information content (AvgIpc) is 2.81. The molecule has 3 rings (SSSR count). The maximum absolute atomic E-state index is 10.5. The Bertz CT molecular complexity index is 544. The van der Waals surface area contributed by atoms with Crippen LogP contribution in [0.3, 0.4) is 0 Å². The molecule has 1 N–H and O–H groups in total. The minimum absolute atomic E-state index is 0.532. The first-order valence-electron chi connectivity index (χ1n) is 8.15. The second-order valence-corrected chi connectivity index (χ2v) is 6.21. The first-order chi connectivity index (χ1) is 10.3. The van der Waals surface area contributed by atoms with Gasteiger partial charge in [0.05, 0.1) is 0 Å². The molecular weight excluding hydrogens is 262 g/mol. The lowest BCUT2D eigenvalue weighted by Crippen LogP contribution is -2.29. The summed E-state index contributed by atoms with van der Waals surface area (Å²) >= 11 is 0. The molecule has 1 aliphatic rings. The average molecular weight is 287 g/mol. The van der Waals surface area contributed by atoms with Crippen LogP contribution < -0.4 is 0 Å². The van der Waals surface area contributed by atoms with Gasteiger partial charge in [0.25, 0.3) is 0 Å². The van der Waals surface area contributed by atoms with Crippen LogP contribution in [-0.2, 0) is 0 Å². The van der Waals surface area contributed by atoms with Gasteiger partial charge in [-0.05, 0) is 50.4 Å². The number of hydrogen-bond acceptors (Lipinski definition) is 3. The van der Waals surface area contributed by atoms with E-state index in [0.717, 1.165) is 30.0 Å². The lowest BCUT2D eigenvalue weighted by atomic mass is 9.98. The molecule has 0 amide bonds. The first-order valence-corrected chi connectivity index (χ1v) is 8.15. The van der Waals surface area contributed by atoms with Gasteiger partial charge in [-0.25, -0.2) is 0 Å². The van der Waals surface area contributed by atoms with Gasteiger partial charge in [0.2, 0.25) is 0 Å². The molecule has 3 heteroatoms. The maximum atomic E-state index is 10.5. The van der Waals surface area contributed by atoms with Gasteiger partial charge in [-0.1, -0.05) is 31.5 Å². The van der Waals surface area contributed by atoms with Crippen LogP contribution in [0.2, 0.25) is 0 Å². The van der Waals surface area contributed by atoms with Crippen LogP contribution in [0.4, 0.5) is 0 Å². The van der Waals surface area contributed by atoms with Crippen molar-refractivity contribution < 1.29 is 9.52 Å². The second kappa shape index (κ2) is 6.63. The number of fused-ring (bicyclic) bond motifs is 1. The van der Waals surface area contributed by atoms with Gasteiger partial charge in [0.1, 0.15) is 17.4 Å². The van der Waals surface area contributed by atoms with Crippen LogP contribution >= 0.6 is 0 Å². The predicted molar refractivity (Wildman–Crippen MR) is 85.2 cm³/mol. The molecule has 114 valence electrons. The van der Waals surface area contributed by atoms with E-state index in [1.807, 2.05) is 30.3 Å². The number of para-hydroxylation sites is 1. The number of nitrogens with zero attached hydrogens (tertiary/aromatic N) is 1. The SMILES string of the molecule is CCC1CCCN(CC(O)c2cc3ccccc3o2)CC1. The zero-order valence-electron chi connectivity index (χ0n) is 12.8. The Morgan fingerprint density at radius 1 is 1.29 bits per heavy atom. The summed E-state index contributed by atoms with van der Waals surface area (Å²) in [7, 11) is 0. The highest BCUT2D eigenvalue weighted by Gasteiger charge is 2.20. The first kappa shape index (κ1) is 14.6. The maximum Gasteiger partial charge on any atom is 0.135 e. The van der Waals surface area contributed by atoms with Gasteiger partial charge in [-0.15, -0.1) is 0 Å². The highest BCUT2D eigenvalue weighted by Crippen LogP contribution is 2.26. The summed E-state index contributed by atoms with van der Waals surface area (Å²) < 4.78 is 5.77. The fraction of sp³-hybridized carbons (Fsp3) is 0.556. The Morgan fingerprint density at radius 2 is 2.14 bits per heavy atom. The van der Waals surface area contributed by atoms with E-state index in [-0.39, 0.29) is 0 Å². The number of hydrogen-bond donors (Lipinski definition) is 1. The molecule has 2 atom stereocenters. The molecule has 21 heavy (non-hydrogen) atoms. The third-order valence-electron chi connectivity index (χ3n) is 4.72. The summed E-state index contributed by atoms with van der Waals surface area (Å²) in [5.41, 5.74) is 0.855. The van der Waals surface area contributed by atoms with Crippen molar-refractivity contribution in [3.63, 3.8) is 0 Å². The van der Waals surface area contributed by atoms with Crippen LogP contribution in [0.5, 0.6) is 0 Å². The summed E-state index contributed by atoms with van der Waals surface area (Å²) in [4.78, 5) is 2.38. The van der Waals surface area contributed by atoms with E-state index in [4.69, 9.17) is 4.42 Å². The number of aliphatic hydroxyl groups is 1. The molecular formula is C18H25NO2. The van der Waals surface area contributed by atoms with E-state index >= 15 is 0 Å². The van der Waals surface area contributed by atoms with Crippen LogP contribution in [-0.4, -0.2) is 29.6 Å². The number of β-amino-alcohol motifs (C(OH)–C–C–N with tert-alkyl or cyclic N) is 1. The van der Waals surface area contributed by atoms with E-state index in [1.54, 1.807) is 0 Å². The fourth-order valence-corrected chi connectivity index (χ4v) is 3.32. The van der Waals surface area contributed by atoms with Crippen molar-refractivity contribution >= 4 is 11.0 Å². The quantitative estimate of drug-likeness (QED) is 0.924. The Labute approximate surface area is 126 Å². The number of benzene rings is 1. The molecule has 0 saturated carbocycles. The number of furan rings is 1. The number of likely N-dealkylation sites (tertiary alicyclic amines) is 1. The predicted octanol–water partition coefficient (Wildman–Crippen LogP) is 3.98. The zero-order valence-corrected chi connectivity index (χ0v) is 12.8. The van der Waals surface area contributed by atoms with Crippen molar-refractivity contribution in [2.24, 2.45) is 5.92 Å². The van der Waals surface area contributed by atoms with Crippen LogP contribution in [0.25, 0.3) is 11.0 Å². The van der Waals surface area contributed by atoms with E-state index in [9.17, 15) is 5.11 Å². The summed E-state index contributed by atoms with van der Waals surface area (Å²) in [5, 5.41) is 11.5. The van der Waals surface area contributed by atoms with Gasteiger partial charge < -0.3 is 14.4 Å². The zero-order chi connectivity index (χ0) is 14.7. The molecule has 1 aliphatic heterocycles. The van der Waals surface area contributed by atoms with Crippen molar-refractivity contribution in [3.05, 3.63) is 36.1 Å². The van der Waals surface area contributed by atoms with E-state index in [2.05, 4.69) is 11.8 Å². The molecule has 0 aliphatic carbocycles. The van der Waals surface area contributed by atoms with Crippen molar-refractivity contribution in [2.45, 2.75) is 38.7 Å². The topological polar surface area (TPSA) is 36.6 Å². The van der Waals surface area contributed by atoms with Gasteiger partial charge in [-0.3, -0.25) is 0 Å². The van der Waals surface area contributed by atoms with Crippen LogP contribution in [0.1, 0.15) is 44.5 Å². The Balaban J connectivity index is 1.64. The van der Waals surface area contributed by atoms with Gasteiger partial charge >= 0.3 is 0 Å². The van der Waals surface area contributed by atoms with Crippen molar-refractivity contribution in [1.29, 1.82) is 0 Å². The van der Waals surface area contributed by atoms with Crippen molar-refractivity contribution in [1.82, 2.24) is 4.90 Å². The normalized spacial score (nSPS) is 22.3. The van der Waals surface area contributed by atoms with Crippen LogP contribution in [0, 0.1) is 5.92 Å². The molecule has 0 radical (unpaired) electrons. The molecule has 2 heterocycles. The lowest BCUT2D eigenvalue weighted by molar-refractivity contribution is 0.0970. The third kappa shape index (κ3) is 3.47. The van der Waals surface area contributed by atoms with Gasteiger partial charge in [0, 0.05) is 11.9 Å². The summed E-state index contributed by atoms with van der Waals surface area (Å²) in [6.07, 6.45) is 4.57. The molecule has 0 spiro atoms. The Kier molecular flexibility index (Phi) is 4.61. The Hall–Kier alpha value is -1.32. The molecule has 2 aromatic rings. The van der Waals surface area contributed by atoms with Gasteiger partial charge in [0.15, 0.2) is 0 Å². The number of rotatable bonds is 4. The monoisotopic (exact) mass is 287 g/mol.